The summed E-state index contributed by atoms with van der Waals surface area (Å²) in [5.41, 5.74) is 1.14. The van der Waals surface area contributed by atoms with E-state index in [4.69, 9.17) is 9.26 Å². The van der Waals surface area contributed by atoms with Crippen molar-refractivity contribution >= 4 is 44.4 Å². The molecule has 2 atom stereocenters. The van der Waals surface area contributed by atoms with Gasteiger partial charge in [-0.1, -0.05) is 26.0 Å². The van der Waals surface area contributed by atoms with Crippen LogP contribution in [0, 0.1) is 17.6 Å². The molecule has 7 rings (SSSR count). The van der Waals surface area contributed by atoms with Crippen LogP contribution in [0.1, 0.15) is 47.9 Å². The van der Waals surface area contributed by atoms with Gasteiger partial charge in [0.1, 0.15) is 30.2 Å². The van der Waals surface area contributed by atoms with Crippen LogP contribution in [0.5, 0.6) is 5.88 Å². The number of aromatic nitrogens is 3. The molecule has 0 bridgehead atoms. The van der Waals surface area contributed by atoms with Crippen LogP contribution in [-0.2, 0) is 15.0 Å². The fourth-order valence-corrected chi connectivity index (χ4v) is 8.30. The predicted octanol–water partition coefficient (Wildman–Crippen LogP) is 5.45. The van der Waals surface area contributed by atoms with E-state index in [0.29, 0.717) is 29.7 Å². The van der Waals surface area contributed by atoms with Crippen molar-refractivity contribution in [3.05, 3.63) is 89.4 Å². The number of carbonyl (C=O) groups excluding carboxylic acids is 1. The summed E-state index contributed by atoms with van der Waals surface area (Å²) in [5.74, 6) is -5.00. The number of anilines is 2. The first-order valence-corrected chi connectivity index (χ1v) is 19.5. The molecule has 2 fully saturated rings. The molecule has 0 aliphatic carbocycles. The molecule has 3 aromatic heterocycles. The summed E-state index contributed by atoms with van der Waals surface area (Å²) in [6.07, 6.45) is 1.57. The lowest BCUT2D eigenvalue weighted by Crippen LogP contribution is -2.47. The van der Waals surface area contributed by atoms with Crippen LogP contribution in [-0.4, -0.2) is 108 Å². The van der Waals surface area contributed by atoms with E-state index in [9.17, 15) is 27.5 Å². The van der Waals surface area contributed by atoms with Crippen LogP contribution >= 0.6 is 0 Å². The number of alkyl halides is 1. The molecule has 14 nitrogen and oxygen atoms in total. The Morgan fingerprint density at radius 1 is 1.05 bits per heavy atom. The van der Waals surface area contributed by atoms with Gasteiger partial charge in [-0.15, -0.1) is 0 Å². The van der Waals surface area contributed by atoms with Gasteiger partial charge >= 0.3 is 16.2 Å². The van der Waals surface area contributed by atoms with Crippen molar-refractivity contribution in [2.45, 2.75) is 32.4 Å². The quantitative estimate of drug-likeness (QED) is 0.122. The number of rotatable bonds is 14. The zero-order chi connectivity index (χ0) is 39.7. The number of fused-ring (bicyclic) bond motifs is 1. The highest BCUT2D eigenvalue weighted by molar-refractivity contribution is 7.90. The van der Waals surface area contributed by atoms with E-state index in [1.807, 2.05) is 29.0 Å². The average Bonchev–Trinajstić information content (AvgIpc) is 3.93. The summed E-state index contributed by atoms with van der Waals surface area (Å²) >= 11 is 0. The highest BCUT2D eigenvalue weighted by Gasteiger charge is 2.33. The summed E-state index contributed by atoms with van der Waals surface area (Å²) in [5, 5.41) is 13.7. The van der Waals surface area contributed by atoms with E-state index < -0.39 is 63.5 Å². The molecule has 2 aromatic carbocycles. The van der Waals surface area contributed by atoms with E-state index in [1.165, 1.54) is 12.3 Å². The van der Waals surface area contributed by atoms with Gasteiger partial charge in [0, 0.05) is 86.5 Å². The van der Waals surface area contributed by atoms with Gasteiger partial charge in [0.25, 0.3) is 5.88 Å². The Morgan fingerprint density at radius 3 is 2.48 bits per heavy atom. The first kappa shape index (κ1) is 38.8. The monoisotopic (exact) mass is 795 g/mol. The van der Waals surface area contributed by atoms with E-state index in [-0.39, 0.29) is 36.1 Å². The van der Waals surface area contributed by atoms with Crippen molar-refractivity contribution in [1.29, 1.82) is 0 Å². The first-order chi connectivity index (χ1) is 26.8. The number of carboxylic acid groups (broad SMARTS) is 1. The van der Waals surface area contributed by atoms with Crippen LogP contribution < -0.4 is 14.4 Å². The Balaban J connectivity index is 0.978. The summed E-state index contributed by atoms with van der Waals surface area (Å²) < 4.78 is 83.7. The topological polar surface area (TPSA) is 174 Å². The van der Waals surface area contributed by atoms with Gasteiger partial charge in [0.15, 0.2) is 11.6 Å². The molecule has 2 aliphatic heterocycles. The lowest BCUT2D eigenvalue weighted by atomic mass is 9.94. The normalized spacial score (nSPS) is 17.5. The summed E-state index contributed by atoms with van der Waals surface area (Å²) in [6, 6.07) is 12.7. The number of carbonyl (C=O) groups is 2. The molecule has 1 unspecified atom stereocenters. The van der Waals surface area contributed by atoms with Crippen LogP contribution in [0.3, 0.4) is 0 Å². The minimum atomic E-state index is -4.35. The summed E-state index contributed by atoms with van der Waals surface area (Å²) in [4.78, 5) is 37.0. The predicted molar refractivity (Wildman–Crippen MR) is 201 cm³/mol. The third-order valence-electron chi connectivity index (χ3n) is 10.1. The Morgan fingerprint density at radius 2 is 1.80 bits per heavy atom. The number of ether oxygens (including phenoxy) is 1. The molecule has 5 aromatic rings. The second-order valence-corrected chi connectivity index (χ2v) is 15.8. The maximum absolute atomic E-state index is 15.7. The smallest absolute Gasteiger partial charge is 0.314 e. The Hall–Kier alpha value is -5.46. The van der Waals surface area contributed by atoms with Crippen molar-refractivity contribution in [2.75, 3.05) is 62.0 Å². The van der Waals surface area contributed by atoms with Gasteiger partial charge in [0.2, 0.25) is 5.78 Å². The lowest BCUT2D eigenvalue weighted by Gasteiger charge is -2.36. The number of nitrogens with zero attached hydrogens (tertiary/aromatic N) is 5. The van der Waals surface area contributed by atoms with Crippen LogP contribution in [0.25, 0.3) is 22.2 Å². The van der Waals surface area contributed by atoms with Gasteiger partial charge in [-0.05, 0) is 53.4 Å². The SMILES string of the molecule is CC(C)C(C(=O)O)c1cc(OCCN2CCN(c3ccc(-c4cnc5[nH]cc(C(=O)c6c(F)ccc(NS(=O)(=O)N7CC[C@@H](F)C7)c6F)c5c4)cc3)CC2)no1. The summed E-state index contributed by atoms with van der Waals surface area (Å²) in [7, 11) is -4.35. The van der Waals surface area contributed by atoms with E-state index in [0.717, 1.165) is 53.9 Å². The van der Waals surface area contributed by atoms with Gasteiger partial charge in [-0.25, -0.2) is 18.2 Å². The molecule has 0 radical (unpaired) electrons. The lowest BCUT2D eigenvalue weighted by molar-refractivity contribution is -0.140. The second kappa shape index (κ2) is 16.0. The molecule has 18 heteroatoms. The maximum Gasteiger partial charge on any atom is 0.314 e. The minimum absolute atomic E-state index is 0.000720. The number of pyridine rings is 1. The number of piperazine rings is 1. The van der Waals surface area contributed by atoms with Gasteiger partial charge < -0.3 is 24.3 Å². The largest absolute Gasteiger partial charge is 0.481 e. The molecule has 0 spiro atoms. The number of hydrogen-bond donors (Lipinski definition) is 3. The van der Waals surface area contributed by atoms with Crippen molar-refractivity contribution in [2.24, 2.45) is 5.92 Å². The zero-order valence-corrected chi connectivity index (χ0v) is 31.4. The fraction of sp³-hybridized carbons (Fsp3) is 0.368. The van der Waals surface area contributed by atoms with E-state index in [1.54, 1.807) is 26.1 Å². The number of ketones is 1. The second-order valence-electron chi connectivity index (χ2n) is 14.1. The molecular weight excluding hydrogens is 756 g/mol. The number of benzene rings is 2. The average molecular weight is 796 g/mol. The zero-order valence-electron chi connectivity index (χ0n) is 30.5. The van der Waals surface area contributed by atoms with E-state index in [2.05, 4.69) is 24.9 Å². The molecular formula is C38H40F3N7O7S. The number of aromatic amines is 1. The molecule has 0 saturated carbocycles. The highest BCUT2D eigenvalue weighted by atomic mass is 32.2. The molecule has 56 heavy (non-hydrogen) atoms. The molecule has 2 saturated heterocycles. The van der Waals surface area contributed by atoms with Crippen molar-refractivity contribution in [1.82, 2.24) is 24.3 Å². The molecule has 296 valence electrons. The number of aliphatic carboxylic acids is 1. The van der Waals surface area contributed by atoms with Crippen LogP contribution in [0.2, 0.25) is 0 Å². The van der Waals surface area contributed by atoms with Gasteiger partial charge in [-0.2, -0.15) is 12.7 Å². The Bertz CT molecular complexity index is 2340. The number of H-pyrrole nitrogens is 1. The maximum atomic E-state index is 15.7. The Labute approximate surface area is 320 Å². The number of carboxylic acids is 1. The Kier molecular flexibility index (Phi) is 11.1. The minimum Gasteiger partial charge on any atom is -0.481 e. The first-order valence-electron chi connectivity index (χ1n) is 18.1. The van der Waals surface area contributed by atoms with Gasteiger partial charge in [0.05, 0.1) is 11.3 Å². The van der Waals surface area contributed by atoms with Crippen molar-refractivity contribution in [3.8, 4) is 17.0 Å². The van der Waals surface area contributed by atoms with Crippen molar-refractivity contribution in [3.63, 3.8) is 0 Å². The molecule has 3 N–H and O–H groups in total. The third-order valence-corrected chi connectivity index (χ3v) is 11.6. The van der Waals surface area contributed by atoms with E-state index >= 15 is 8.78 Å². The molecule has 2 aliphatic rings. The fourth-order valence-electron chi connectivity index (χ4n) is 7.03. The van der Waals surface area contributed by atoms with Gasteiger partial charge in [-0.3, -0.25) is 19.2 Å². The standard InChI is InChI=1S/C38H40F3N7O7S/c1-22(2)33(38(50)51)31-18-32(44-55-31)54-16-15-46-11-13-47(14-12-46)26-5-3-23(4-6-26)24-17-27-28(20-43-37(27)42-19-24)36(49)34-29(40)7-8-30(35(34)41)45-56(52,53)48-10-9-25(39)21-48/h3-8,17-20,22,25,33,45H,9-16,21H2,1-2H3,(H,42,43)(H,50,51)/t25-,33?/m1/s1. The van der Waals surface area contributed by atoms with Crippen LogP contribution in [0.15, 0.2) is 65.4 Å². The van der Waals surface area contributed by atoms with Crippen LogP contribution in [0.4, 0.5) is 24.5 Å². The van der Waals surface area contributed by atoms with Crippen molar-refractivity contribution < 1.29 is 45.5 Å². The third kappa shape index (κ3) is 8.08. The molecule has 0 amide bonds. The molecule has 5 heterocycles. The number of hydrogen-bond acceptors (Lipinski definition) is 10. The summed E-state index contributed by atoms with van der Waals surface area (Å²) in [6.45, 7) is 7.28. The number of nitrogens with one attached hydrogen (secondary N) is 2. The number of halogens is 3. The highest BCUT2D eigenvalue weighted by Crippen LogP contribution is 2.32.